The predicted octanol–water partition coefficient (Wildman–Crippen LogP) is 3.18. The summed E-state index contributed by atoms with van der Waals surface area (Å²) >= 11 is 0. The highest BCUT2D eigenvalue weighted by atomic mass is 16.1. The Morgan fingerprint density at radius 1 is 1.20 bits per heavy atom. The van der Waals surface area contributed by atoms with Crippen LogP contribution in [0.1, 0.15) is 42.4 Å². The molecule has 0 radical (unpaired) electrons. The molecule has 0 spiro atoms. The predicted molar refractivity (Wildman–Crippen MR) is 83.1 cm³/mol. The Morgan fingerprint density at radius 3 is 2.65 bits per heavy atom. The molecule has 1 fully saturated rings. The minimum Gasteiger partial charge on any atom is -0.321 e. The van der Waals surface area contributed by atoms with Crippen molar-refractivity contribution in [1.82, 2.24) is 10.3 Å². The van der Waals surface area contributed by atoms with Gasteiger partial charge in [-0.2, -0.15) is 0 Å². The van der Waals surface area contributed by atoms with Crippen LogP contribution in [0.25, 0.3) is 10.9 Å². The van der Waals surface area contributed by atoms with E-state index in [1.54, 1.807) is 0 Å². The molecule has 1 aromatic heterocycles. The van der Waals surface area contributed by atoms with Gasteiger partial charge in [0.1, 0.15) is 0 Å². The summed E-state index contributed by atoms with van der Waals surface area (Å²) in [7, 11) is 0. The van der Waals surface area contributed by atoms with Gasteiger partial charge in [0.05, 0.1) is 5.52 Å². The quantitative estimate of drug-likeness (QED) is 0.899. The number of aryl methyl sites for hydroxylation is 2. The second kappa shape index (κ2) is 5.41. The van der Waals surface area contributed by atoms with Crippen LogP contribution in [0.4, 0.5) is 0 Å². The Bertz CT molecular complexity index is 681. The van der Waals surface area contributed by atoms with Gasteiger partial charge in [-0.3, -0.25) is 4.79 Å². The van der Waals surface area contributed by atoms with Gasteiger partial charge in [0, 0.05) is 23.5 Å². The molecular weight excluding hydrogens is 248 g/mol. The molecule has 1 aromatic carbocycles. The molecule has 1 aliphatic carbocycles. The zero-order valence-corrected chi connectivity index (χ0v) is 12.3. The number of benzene rings is 1. The van der Waals surface area contributed by atoms with Crippen LogP contribution in [0.15, 0.2) is 23.0 Å². The van der Waals surface area contributed by atoms with E-state index in [0.717, 1.165) is 22.0 Å². The Labute approximate surface area is 119 Å². The van der Waals surface area contributed by atoms with Crippen LogP contribution < -0.4 is 10.9 Å². The van der Waals surface area contributed by atoms with E-state index in [4.69, 9.17) is 0 Å². The van der Waals surface area contributed by atoms with E-state index in [9.17, 15) is 4.79 Å². The number of rotatable bonds is 3. The molecule has 3 rings (SSSR count). The first-order valence-electron chi connectivity index (χ1n) is 7.50. The molecule has 3 heteroatoms. The number of pyridine rings is 1. The summed E-state index contributed by atoms with van der Waals surface area (Å²) in [5.74, 6) is 0. The van der Waals surface area contributed by atoms with E-state index in [1.807, 2.05) is 6.92 Å². The van der Waals surface area contributed by atoms with Crippen LogP contribution in [-0.2, 0) is 6.54 Å². The van der Waals surface area contributed by atoms with Gasteiger partial charge in [-0.05, 0) is 43.9 Å². The maximum atomic E-state index is 12.2. The van der Waals surface area contributed by atoms with Gasteiger partial charge in [-0.15, -0.1) is 0 Å². The monoisotopic (exact) mass is 270 g/mol. The normalized spacial score (nSPS) is 16.1. The fourth-order valence-corrected chi connectivity index (χ4v) is 3.13. The van der Waals surface area contributed by atoms with Crippen LogP contribution in [0.2, 0.25) is 0 Å². The third-order valence-electron chi connectivity index (χ3n) is 4.46. The minimum absolute atomic E-state index is 0.0386. The average molecular weight is 270 g/mol. The minimum atomic E-state index is 0.0386. The molecule has 1 heterocycles. The van der Waals surface area contributed by atoms with Crippen molar-refractivity contribution in [3.05, 3.63) is 45.2 Å². The van der Waals surface area contributed by atoms with Crippen LogP contribution in [0.3, 0.4) is 0 Å². The van der Waals surface area contributed by atoms with Crippen molar-refractivity contribution < 1.29 is 0 Å². The smallest absolute Gasteiger partial charge is 0.252 e. The van der Waals surface area contributed by atoms with E-state index in [1.165, 1.54) is 31.2 Å². The van der Waals surface area contributed by atoms with Crippen LogP contribution in [-0.4, -0.2) is 11.0 Å². The highest BCUT2D eigenvalue weighted by Crippen LogP contribution is 2.21. The molecule has 0 amide bonds. The summed E-state index contributed by atoms with van der Waals surface area (Å²) in [5, 5.41) is 4.68. The van der Waals surface area contributed by atoms with Gasteiger partial charge in [-0.1, -0.05) is 25.0 Å². The number of hydrogen-bond donors (Lipinski definition) is 2. The first-order valence-corrected chi connectivity index (χ1v) is 7.50. The summed E-state index contributed by atoms with van der Waals surface area (Å²) in [6.45, 7) is 4.80. The third-order valence-corrected chi connectivity index (χ3v) is 4.46. The van der Waals surface area contributed by atoms with Crippen LogP contribution in [0.5, 0.6) is 0 Å². The first-order chi connectivity index (χ1) is 9.65. The van der Waals surface area contributed by atoms with Crippen molar-refractivity contribution in [2.75, 3.05) is 0 Å². The lowest BCUT2D eigenvalue weighted by Gasteiger charge is -2.12. The van der Waals surface area contributed by atoms with Gasteiger partial charge in [0.15, 0.2) is 0 Å². The summed E-state index contributed by atoms with van der Waals surface area (Å²) in [4.78, 5) is 15.3. The molecule has 20 heavy (non-hydrogen) atoms. The Balaban J connectivity index is 1.93. The Kier molecular flexibility index (Phi) is 3.62. The number of hydrogen-bond acceptors (Lipinski definition) is 2. The lowest BCUT2D eigenvalue weighted by molar-refractivity contribution is 0.522. The maximum Gasteiger partial charge on any atom is 0.252 e. The molecule has 3 nitrogen and oxygen atoms in total. The lowest BCUT2D eigenvalue weighted by atomic mass is 10.0. The highest BCUT2D eigenvalue weighted by Gasteiger charge is 2.15. The molecule has 106 valence electrons. The van der Waals surface area contributed by atoms with Crippen LogP contribution >= 0.6 is 0 Å². The number of fused-ring (bicyclic) bond motifs is 1. The largest absolute Gasteiger partial charge is 0.321 e. The lowest BCUT2D eigenvalue weighted by Crippen LogP contribution is -2.28. The summed E-state index contributed by atoms with van der Waals surface area (Å²) in [5.41, 5.74) is 4.19. The van der Waals surface area contributed by atoms with Gasteiger partial charge in [0.2, 0.25) is 0 Å². The topological polar surface area (TPSA) is 44.9 Å². The Morgan fingerprint density at radius 2 is 1.90 bits per heavy atom. The second-order valence-corrected chi connectivity index (χ2v) is 5.97. The molecule has 0 unspecified atom stereocenters. The van der Waals surface area contributed by atoms with Crippen molar-refractivity contribution >= 4 is 10.9 Å². The van der Waals surface area contributed by atoms with Crippen molar-refractivity contribution in [1.29, 1.82) is 0 Å². The Hall–Kier alpha value is -1.61. The van der Waals surface area contributed by atoms with E-state index < -0.39 is 0 Å². The molecule has 1 aliphatic rings. The van der Waals surface area contributed by atoms with Crippen molar-refractivity contribution in [2.45, 2.75) is 52.1 Å². The molecule has 2 aromatic rings. The summed E-state index contributed by atoms with van der Waals surface area (Å²) in [6.07, 6.45) is 5.10. The first kappa shape index (κ1) is 13.4. The van der Waals surface area contributed by atoms with Gasteiger partial charge >= 0.3 is 0 Å². The molecule has 0 bridgehead atoms. The fraction of sp³-hybridized carbons (Fsp3) is 0.471. The molecule has 2 N–H and O–H groups in total. The summed E-state index contributed by atoms with van der Waals surface area (Å²) < 4.78 is 0. The van der Waals surface area contributed by atoms with Gasteiger partial charge in [-0.25, -0.2) is 0 Å². The van der Waals surface area contributed by atoms with E-state index >= 15 is 0 Å². The van der Waals surface area contributed by atoms with Crippen LogP contribution in [0, 0.1) is 13.8 Å². The van der Waals surface area contributed by atoms with Gasteiger partial charge < -0.3 is 10.3 Å². The second-order valence-electron chi connectivity index (χ2n) is 5.97. The maximum absolute atomic E-state index is 12.2. The van der Waals surface area contributed by atoms with E-state index in [2.05, 4.69) is 35.4 Å². The van der Waals surface area contributed by atoms with Crippen molar-refractivity contribution in [2.24, 2.45) is 0 Å². The third kappa shape index (κ3) is 2.50. The molecular formula is C17H22N2O. The SMILES string of the molecule is Cc1ccc(C)c2[nH]c(=O)c(CNC3CCCC3)cc12. The zero-order chi connectivity index (χ0) is 14.1. The standard InChI is InChI=1S/C17H22N2O/c1-11-7-8-12(2)16-15(11)9-13(17(20)19-16)10-18-14-5-3-4-6-14/h7-9,14,18H,3-6,10H2,1-2H3,(H,19,20). The zero-order valence-electron chi connectivity index (χ0n) is 12.3. The summed E-state index contributed by atoms with van der Waals surface area (Å²) in [6, 6.07) is 6.82. The molecule has 1 saturated carbocycles. The average Bonchev–Trinajstić information content (AvgIpc) is 2.94. The molecule has 0 saturated heterocycles. The van der Waals surface area contributed by atoms with Crippen molar-refractivity contribution in [3.8, 4) is 0 Å². The number of aromatic nitrogens is 1. The number of H-pyrrole nitrogens is 1. The van der Waals surface area contributed by atoms with E-state index in [-0.39, 0.29) is 5.56 Å². The van der Waals surface area contributed by atoms with Gasteiger partial charge in [0.25, 0.3) is 5.56 Å². The number of aromatic amines is 1. The van der Waals surface area contributed by atoms with E-state index in [0.29, 0.717) is 12.6 Å². The fourth-order valence-electron chi connectivity index (χ4n) is 3.13. The molecule has 0 aliphatic heterocycles. The molecule has 0 atom stereocenters. The van der Waals surface area contributed by atoms with Crippen molar-refractivity contribution in [3.63, 3.8) is 0 Å². The number of nitrogens with one attached hydrogen (secondary N) is 2. The highest BCUT2D eigenvalue weighted by molar-refractivity contribution is 5.85.